The number of esters is 1. The van der Waals surface area contributed by atoms with Crippen LogP contribution in [0.25, 0.3) is 0 Å². The number of nitrogens with one attached hydrogen (secondary N) is 1. The fourth-order valence-electron chi connectivity index (χ4n) is 5.35. The highest BCUT2D eigenvalue weighted by molar-refractivity contribution is 5.66. The second-order valence-electron chi connectivity index (χ2n) is 9.94. The van der Waals surface area contributed by atoms with Gasteiger partial charge in [0.2, 0.25) is 0 Å². The Morgan fingerprint density at radius 1 is 0.951 bits per heavy atom. The zero-order valence-corrected chi connectivity index (χ0v) is 23.1. The van der Waals surface area contributed by atoms with Crippen LogP contribution in [-0.2, 0) is 24.6 Å². The first-order valence-corrected chi connectivity index (χ1v) is 13.3. The lowest BCUT2D eigenvalue weighted by atomic mass is 9.80. The zero-order chi connectivity index (χ0) is 29.0. The number of hydrogen-bond acceptors (Lipinski definition) is 7. The van der Waals surface area contributed by atoms with Crippen molar-refractivity contribution in [1.82, 2.24) is 9.55 Å². The molecular formula is C32H32N2O7. The number of rotatable bonds is 9. The van der Waals surface area contributed by atoms with Crippen molar-refractivity contribution in [2.24, 2.45) is 0 Å². The number of aromatic amines is 1. The van der Waals surface area contributed by atoms with E-state index < -0.39 is 41.1 Å². The number of H-pyrrole nitrogens is 1. The van der Waals surface area contributed by atoms with Gasteiger partial charge < -0.3 is 18.9 Å². The average molecular weight is 557 g/mol. The van der Waals surface area contributed by atoms with E-state index >= 15 is 0 Å². The Kier molecular flexibility index (Phi) is 8.19. The van der Waals surface area contributed by atoms with Gasteiger partial charge in [-0.1, -0.05) is 72.8 Å². The summed E-state index contributed by atoms with van der Waals surface area (Å²) in [5.74, 6) is 0.194. The summed E-state index contributed by atoms with van der Waals surface area (Å²) in [5, 5.41) is 0. The van der Waals surface area contributed by atoms with Crippen molar-refractivity contribution < 1.29 is 23.7 Å². The van der Waals surface area contributed by atoms with Crippen LogP contribution in [-0.4, -0.2) is 48.1 Å². The Morgan fingerprint density at radius 2 is 1.54 bits per heavy atom. The van der Waals surface area contributed by atoms with Crippen LogP contribution in [0.15, 0.2) is 101 Å². The second kappa shape index (κ2) is 12.0. The molecule has 1 N–H and O–H groups in total. The summed E-state index contributed by atoms with van der Waals surface area (Å²) in [4.78, 5) is 39.2. The van der Waals surface area contributed by atoms with Crippen molar-refractivity contribution in [3.8, 4) is 5.75 Å². The van der Waals surface area contributed by atoms with E-state index in [0.29, 0.717) is 11.3 Å². The molecule has 3 aromatic carbocycles. The Labute approximate surface area is 237 Å². The van der Waals surface area contributed by atoms with Crippen LogP contribution < -0.4 is 16.0 Å². The molecule has 9 nitrogen and oxygen atoms in total. The van der Waals surface area contributed by atoms with Crippen molar-refractivity contribution in [2.75, 3.05) is 20.3 Å². The Balaban J connectivity index is 1.57. The highest BCUT2D eigenvalue weighted by Gasteiger charge is 2.45. The molecule has 1 fully saturated rings. The minimum atomic E-state index is -1.05. The van der Waals surface area contributed by atoms with E-state index in [1.165, 1.54) is 17.7 Å². The molecule has 41 heavy (non-hydrogen) atoms. The average Bonchev–Trinajstić information content (AvgIpc) is 3.38. The second-order valence-corrected chi connectivity index (χ2v) is 9.94. The van der Waals surface area contributed by atoms with E-state index in [-0.39, 0.29) is 13.2 Å². The van der Waals surface area contributed by atoms with Crippen LogP contribution in [0.1, 0.15) is 35.2 Å². The maximum absolute atomic E-state index is 12.7. The molecule has 212 valence electrons. The monoisotopic (exact) mass is 556 g/mol. The Hall–Kier alpha value is -4.47. The van der Waals surface area contributed by atoms with Gasteiger partial charge in [-0.15, -0.1) is 0 Å². The van der Waals surface area contributed by atoms with Gasteiger partial charge in [-0.25, -0.2) is 4.79 Å². The van der Waals surface area contributed by atoms with Gasteiger partial charge >= 0.3 is 11.7 Å². The predicted molar refractivity (Wildman–Crippen MR) is 152 cm³/mol. The number of benzene rings is 3. The van der Waals surface area contributed by atoms with E-state index in [2.05, 4.69) is 4.98 Å². The SMILES string of the molecule is COc1ccc(C(OC[C@@H]2OC[C@H](n3cc(C)c(=O)[nH]c3=O)[C@H]2OC(C)=O)(c2ccccc2)c2ccccc2)cc1. The molecule has 1 aliphatic heterocycles. The van der Waals surface area contributed by atoms with Gasteiger partial charge in [-0.3, -0.25) is 19.1 Å². The molecule has 9 heteroatoms. The number of aryl methyl sites for hydroxylation is 1. The molecule has 1 aliphatic rings. The third-order valence-electron chi connectivity index (χ3n) is 7.35. The number of hydrogen-bond donors (Lipinski definition) is 1. The molecule has 0 unspecified atom stereocenters. The van der Waals surface area contributed by atoms with Crippen molar-refractivity contribution in [2.45, 2.75) is 37.7 Å². The van der Waals surface area contributed by atoms with E-state index in [4.69, 9.17) is 18.9 Å². The third-order valence-corrected chi connectivity index (χ3v) is 7.35. The molecule has 1 aromatic heterocycles. The molecule has 2 heterocycles. The molecule has 0 bridgehead atoms. The first-order valence-electron chi connectivity index (χ1n) is 13.3. The van der Waals surface area contributed by atoms with Gasteiger partial charge in [-0.05, 0) is 35.7 Å². The molecule has 5 rings (SSSR count). The smallest absolute Gasteiger partial charge is 0.328 e. The molecule has 4 aromatic rings. The van der Waals surface area contributed by atoms with Gasteiger partial charge in [0.15, 0.2) is 6.10 Å². The molecular weight excluding hydrogens is 524 g/mol. The van der Waals surface area contributed by atoms with Gasteiger partial charge in [0.1, 0.15) is 23.5 Å². The van der Waals surface area contributed by atoms with Gasteiger partial charge in [-0.2, -0.15) is 0 Å². The van der Waals surface area contributed by atoms with E-state index in [0.717, 1.165) is 16.7 Å². The molecule has 3 atom stereocenters. The lowest BCUT2D eigenvalue weighted by molar-refractivity contribution is -0.153. The van der Waals surface area contributed by atoms with Crippen LogP contribution in [0.5, 0.6) is 5.75 Å². The Morgan fingerprint density at radius 3 is 2.10 bits per heavy atom. The summed E-state index contributed by atoms with van der Waals surface area (Å²) < 4.78 is 25.5. The predicted octanol–water partition coefficient (Wildman–Crippen LogP) is 3.73. The zero-order valence-electron chi connectivity index (χ0n) is 23.1. The van der Waals surface area contributed by atoms with Crippen LogP contribution in [0.4, 0.5) is 0 Å². The summed E-state index contributed by atoms with van der Waals surface area (Å²) in [7, 11) is 1.62. The maximum atomic E-state index is 12.7. The minimum absolute atomic E-state index is 0.0291. The number of ether oxygens (including phenoxy) is 4. The number of carbonyl (C=O) groups excluding carboxylic acids is 1. The normalized spacial score (nSPS) is 18.7. The van der Waals surface area contributed by atoms with Crippen LogP contribution in [0.2, 0.25) is 0 Å². The summed E-state index contributed by atoms with van der Waals surface area (Å²) >= 11 is 0. The lowest BCUT2D eigenvalue weighted by Crippen LogP contribution is -2.43. The number of carbonyl (C=O) groups is 1. The van der Waals surface area contributed by atoms with Crippen molar-refractivity contribution in [3.05, 3.63) is 134 Å². The number of aromatic nitrogens is 2. The lowest BCUT2D eigenvalue weighted by Gasteiger charge is -2.37. The first kappa shape index (κ1) is 28.1. The highest BCUT2D eigenvalue weighted by Crippen LogP contribution is 2.42. The van der Waals surface area contributed by atoms with Gasteiger partial charge in [0.05, 0.1) is 20.3 Å². The first-order chi connectivity index (χ1) is 19.8. The van der Waals surface area contributed by atoms with Crippen LogP contribution in [0.3, 0.4) is 0 Å². The van der Waals surface area contributed by atoms with Crippen molar-refractivity contribution in [1.29, 1.82) is 0 Å². The van der Waals surface area contributed by atoms with Crippen LogP contribution in [0, 0.1) is 6.92 Å². The summed E-state index contributed by atoms with van der Waals surface area (Å²) in [6.07, 6.45) is -0.0754. The maximum Gasteiger partial charge on any atom is 0.328 e. The van der Waals surface area contributed by atoms with Gasteiger partial charge in [0.25, 0.3) is 5.56 Å². The number of methoxy groups -OCH3 is 1. The molecule has 0 radical (unpaired) electrons. The Bertz CT molecular complexity index is 1560. The topological polar surface area (TPSA) is 109 Å². The van der Waals surface area contributed by atoms with E-state index in [9.17, 15) is 14.4 Å². The minimum Gasteiger partial charge on any atom is -0.497 e. The number of nitrogens with zero attached hydrogens (tertiary/aromatic N) is 1. The largest absolute Gasteiger partial charge is 0.497 e. The quantitative estimate of drug-likeness (QED) is 0.247. The fourth-order valence-corrected chi connectivity index (χ4v) is 5.35. The standard InChI is InChI=1S/C32H32N2O7/c1-21-18-34(31(37)33-30(21)36)27-19-39-28(29(27)41-22(2)35)20-40-32(23-10-6-4-7-11-23,24-12-8-5-9-13-24)25-14-16-26(38-3)17-15-25/h4-18,27-29H,19-20H2,1-3H3,(H,33,36,37)/t27-,28-,29+/m0/s1. The molecule has 0 aliphatic carbocycles. The summed E-state index contributed by atoms with van der Waals surface area (Å²) in [5.41, 5.74) is 0.880. The summed E-state index contributed by atoms with van der Waals surface area (Å²) in [6.45, 7) is 3.03. The fraction of sp³-hybridized carbons (Fsp3) is 0.281. The van der Waals surface area contributed by atoms with Crippen LogP contribution >= 0.6 is 0 Å². The van der Waals surface area contributed by atoms with E-state index in [1.807, 2.05) is 84.9 Å². The van der Waals surface area contributed by atoms with Crippen molar-refractivity contribution >= 4 is 5.97 Å². The third kappa shape index (κ3) is 5.59. The van der Waals surface area contributed by atoms with E-state index in [1.54, 1.807) is 14.0 Å². The van der Waals surface area contributed by atoms with Crippen molar-refractivity contribution in [3.63, 3.8) is 0 Å². The molecule has 0 saturated carbocycles. The molecule has 1 saturated heterocycles. The summed E-state index contributed by atoms with van der Waals surface area (Å²) in [6, 6.07) is 26.7. The molecule has 0 amide bonds. The van der Waals surface area contributed by atoms with Gasteiger partial charge in [0, 0.05) is 18.7 Å². The molecule has 0 spiro atoms. The highest BCUT2D eigenvalue weighted by atomic mass is 16.6.